The average Bonchev–Trinajstić information content (AvgIpc) is 3.75. The molecule has 0 radical (unpaired) electrons. The van der Waals surface area contributed by atoms with E-state index in [4.69, 9.17) is 0 Å². The molecule has 0 amide bonds. The van der Waals surface area contributed by atoms with Crippen molar-refractivity contribution in [2.24, 2.45) is 5.92 Å². The molecule has 1 saturated carbocycles. The van der Waals surface area contributed by atoms with Crippen LogP contribution >= 0.6 is 0 Å². The van der Waals surface area contributed by atoms with Gasteiger partial charge in [-0.2, -0.15) is 0 Å². The molecular weight excluding hydrogens is 620 g/mol. The Morgan fingerprint density at radius 3 is 1.53 bits per heavy atom. The van der Waals surface area contributed by atoms with Crippen LogP contribution in [0, 0.1) is 5.92 Å². The van der Waals surface area contributed by atoms with Gasteiger partial charge in [0.25, 0.3) is 0 Å². The second-order valence-corrected chi connectivity index (χ2v) is 23.5. The van der Waals surface area contributed by atoms with Crippen molar-refractivity contribution in [3.05, 3.63) is 118 Å². The normalized spacial score (nSPS) is 18.0. The maximum atomic E-state index is 2.65. The summed E-state index contributed by atoms with van der Waals surface area (Å²) in [5.74, 6) is 1.78. The predicted octanol–water partition coefficient (Wildman–Crippen LogP) is 12.5. The van der Waals surface area contributed by atoms with E-state index in [9.17, 15) is 0 Å². The third kappa shape index (κ3) is 6.42. The zero-order chi connectivity index (χ0) is 32.3. The Bertz CT molecular complexity index is 1570. The minimum absolute atomic E-state index is 0.122. The van der Waals surface area contributed by atoms with E-state index in [1.807, 2.05) is 3.21 Å². The van der Waals surface area contributed by atoms with Crippen molar-refractivity contribution in [2.75, 3.05) is 0 Å². The van der Waals surface area contributed by atoms with Crippen molar-refractivity contribution in [3.63, 3.8) is 0 Å². The number of benzene rings is 3. The molecule has 45 heavy (non-hydrogen) atoms. The van der Waals surface area contributed by atoms with Crippen LogP contribution in [-0.2, 0) is 32.1 Å². The minimum atomic E-state index is -2.59. The molecule has 0 bridgehead atoms. The summed E-state index contributed by atoms with van der Waals surface area (Å²) in [5, 5.41) is 0. The van der Waals surface area contributed by atoms with Gasteiger partial charge in [0.2, 0.25) is 0 Å². The van der Waals surface area contributed by atoms with E-state index in [1.165, 1.54) is 59.1 Å². The van der Waals surface area contributed by atoms with E-state index in [-0.39, 0.29) is 10.8 Å². The Hall–Kier alpha value is -2.11. The summed E-state index contributed by atoms with van der Waals surface area (Å²) in [5.41, 5.74) is 14.1. The van der Waals surface area contributed by atoms with Gasteiger partial charge in [0.05, 0.1) is 0 Å². The maximum absolute atomic E-state index is 2.65. The van der Waals surface area contributed by atoms with Crippen molar-refractivity contribution in [1.82, 2.24) is 0 Å². The molecule has 1 fully saturated rings. The molecule has 0 nitrogen and oxygen atoms in total. The van der Waals surface area contributed by atoms with Gasteiger partial charge in [-0.3, -0.25) is 0 Å². The molecule has 0 atom stereocenters. The van der Waals surface area contributed by atoms with Crippen LogP contribution in [0.5, 0.6) is 0 Å². The molecule has 3 aliphatic rings. The molecule has 0 aromatic heterocycles. The molecule has 0 aliphatic heterocycles. The van der Waals surface area contributed by atoms with Crippen LogP contribution in [0.1, 0.15) is 149 Å². The topological polar surface area (TPSA) is 0 Å². The summed E-state index contributed by atoms with van der Waals surface area (Å²) in [6, 6.07) is 22.9. The first-order chi connectivity index (χ1) is 21.2. The molecule has 0 heterocycles. The van der Waals surface area contributed by atoms with E-state index < -0.39 is 21.3 Å². The Labute approximate surface area is 282 Å². The summed E-state index contributed by atoms with van der Waals surface area (Å²) in [6.45, 7) is 23.8. The van der Waals surface area contributed by atoms with Gasteiger partial charge >= 0.3 is 284 Å². The molecule has 6 rings (SSSR count). The van der Waals surface area contributed by atoms with Crippen molar-refractivity contribution in [3.8, 4) is 11.1 Å². The molecule has 236 valence electrons. The third-order valence-corrected chi connectivity index (χ3v) is 19.9. The summed E-state index contributed by atoms with van der Waals surface area (Å²) in [7, 11) is 0. The molecule has 0 unspecified atom stereocenters. The van der Waals surface area contributed by atoms with E-state index in [0.29, 0.717) is 25.0 Å². The number of allylic oxidation sites excluding steroid dienone is 4. The van der Waals surface area contributed by atoms with E-state index in [2.05, 4.69) is 148 Å². The van der Waals surface area contributed by atoms with Gasteiger partial charge in [0, 0.05) is 0 Å². The quantitative estimate of drug-likeness (QED) is 0.244. The Kier molecular flexibility index (Phi) is 9.11. The fourth-order valence-electron chi connectivity index (χ4n) is 8.05. The molecule has 3 aliphatic carbocycles. The molecular formula is C44H56Zr. The summed E-state index contributed by atoms with van der Waals surface area (Å²) < 4.78 is 3.01. The molecule has 3 aromatic carbocycles. The second-order valence-electron chi connectivity index (χ2n) is 16.9. The van der Waals surface area contributed by atoms with Gasteiger partial charge in [-0.1, -0.05) is 0 Å². The molecule has 0 spiro atoms. The van der Waals surface area contributed by atoms with Crippen LogP contribution < -0.4 is 0 Å². The van der Waals surface area contributed by atoms with Crippen molar-refractivity contribution < 1.29 is 21.3 Å². The first-order valence-electron chi connectivity index (χ1n) is 17.8. The Morgan fingerprint density at radius 2 is 1.11 bits per heavy atom. The van der Waals surface area contributed by atoms with Gasteiger partial charge < -0.3 is 0 Å². The van der Waals surface area contributed by atoms with Gasteiger partial charge in [-0.25, -0.2) is 0 Å². The molecule has 0 N–H and O–H groups in total. The predicted molar refractivity (Wildman–Crippen MR) is 194 cm³/mol. The Morgan fingerprint density at radius 1 is 0.644 bits per heavy atom. The number of hydrogen-bond acceptors (Lipinski definition) is 0. The van der Waals surface area contributed by atoms with Crippen LogP contribution in [0.3, 0.4) is 0 Å². The van der Waals surface area contributed by atoms with Crippen molar-refractivity contribution in [2.45, 2.75) is 125 Å². The SMILES string of the molecule is CC(C)c1cc([C](C2CCCC2)=[Zr]([CH]2C=CC=C2)[CH]2c3cc(C(C)(C)C)ccc3-c3ccc(C(C)(C)C)cc32)cc(C(C)C)c1. The molecule has 0 saturated heterocycles. The molecule has 1 heteroatoms. The zero-order valence-corrected chi connectivity index (χ0v) is 32.2. The molecule has 3 aromatic rings. The van der Waals surface area contributed by atoms with Crippen LogP contribution in [0.4, 0.5) is 0 Å². The van der Waals surface area contributed by atoms with Crippen molar-refractivity contribution >= 4 is 3.21 Å². The fraction of sp³-hybridized carbons (Fsp3) is 0.477. The monoisotopic (exact) mass is 674 g/mol. The Balaban J connectivity index is 1.73. The number of fused-ring (bicyclic) bond motifs is 3. The number of hydrogen-bond donors (Lipinski definition) is 0. The van der Waals surface area contributed by atoms with E-state index in [1.54, 1.807) is 16.7 Å². The zero-order valence-electron chi connectivity index (χ0n) is 29.7. The van der Waals surface area contributed by atoms with Gasteiger partial charge in [0.1, 0.15) is 0 Å². The van der Waals surface area contributed by atoms with Crippen molar-refractivity contribution in [1.29, 1.82) is 0 Å². The fourth-order valence-corrected chi connectivity index (χ4v) is 18.1. The van der Waals surface area contributed by atoms with E-state index in [0.717, 1.165) is 0 Å². The van der Waals surface area contributed by atoms with Crippen LogP contribution in [-0.4, -0.2) is 3.21 Å². The van der Waals surface area contributed by atoms with Gasteiger partial charge in [-0.05, 0) is 0 Å². The van der Waals surface area contributed by atoms with Crippen LogP contribution in [0.15, 0.2) is 78.9 Å². The van der Waals surface area contributed by atoms with Gasteiger partial charge in [0.15, 0.2) is 0 Å². The number of rotatable bonds is 6. The summed E-state index contributed by atoms with van der Waals surface area (Å²) in [6.07, 6.45) is 15.4. The van der Waals surface area contributed by atoms with Gasteiger partial charge in [-0.15, -0.1) is 0 Å². The van der Waals surface area contributed by atoms with E-state index >= 15 is 0 Å². The van der Waals surface area contributed by atoms with Crippen LogP contribution in [0.2, 0.25) is 3.63 Å². The average molecular weight is 676 g/mol. The van der Waals surface area contributed by atoms with Crippen LogP contribution in [0.25, 0.3) is 11.1 Å². The standard InChI is InChI=1S/C21H25.C18H26.C5H5.Zr/c1-20(2,3)16-7-9-18-14(12-16)11-15-13-17(21(4,5)6)8-10-19(15)18;1-13(2)17-10-16(9-15-7-5-6-8-15)11-18(12-17)14(3)4;1-2-4-5-3-1;/h7-13H,1-6H3;10-15H,5-8H2,1-4H3;1-5H;. The first kappa shape index (κ1) is 32.8. The third-order valence-electron chi connectivity index (χ3n) is 10.9. The first-order valence-corrected chi connectivity index (χ1v) is 21.8. The second kappa shape index (κ2) is 12.5. The summed E-state index contributed by atoms with van der Waals surface area (Å²) >= 11 is -2.59. The summed E-state index contributed by atoms with van der Waals surface area (Å²) in [4.78, 5) is 0.